The molecule has 0 aliphatic carbocycles. The Labute approximate surface area is 244 Å². The monoisotopic (exact) mass is 601 g/mol. The number of carbonyl (C=O) groups is 3. The Hall–Kier alpha value is -4.09. The topological polar surface area (TPSA) is 122 Å². The summed E-state index contributed by atoms with van der Waals surface area (Å²) in [6, 6.07) is 20.6. The molecule has 0 fully saturated rings. The third-order valence-electron chi connectivity index (χ3n) is 5.41. The maximum atomic E-state index is 13.7. The number of carbonyl (C=O) groups excluding carboxylic acids is 3. The zero-order valence-corrected chi connectivity index (χ0v) is 24.7. The van der Waals surface area contributed by atoms with Gasteiger partial charge in [0.2, 0.25) is 5.91 Å². The number of hydrogen-bond acceptors (Lipinski definition) is 7. The molecule has 10 nitrogen and oxygen atoms in total. The van der Waals surface area contributed by atoms with E-state index in [1.54, 1.807) is 20.8 Å². The third kappa shape index (κ3) is 9.51. The number of hydrogen-bond donors (Lipinski definition) is 1. The number of benzene rings is 3. The zero-order valence-electron chi connectivity index (χ0n) is 23.2. The molecular formula is C29H32ClN3O7S. The smallest absolute Gasteiger partial charge is 0.410 e. The van der Waals surface area contributed by atoms with Crippen molar-refractivity contribution in [3.63, 3.8) is 0 Å². The number of ether oxygens (including phenoxy) is 2. The van der Waals surface area contributed by atoms with Crippen LogP contribution in [0, 0.1) is 0 Å². The predicted octanol–water partition coefficient (Wildman–Crippen LogP) is 5.08. The van der Waals surface area contributed by atoms with E-state index < -0.39 is 40.1 Å². The Morgan fingerprint density at radius 3 is 2.20 bits per heavy atom. The van der Waals surface area contributed by atoms with Crippen LogP contribution in [0.1, 0.15) is 26.3 Å². The van der Waals surface area contributed by atoms with Gasteiger partial charge < -0.3 is 19.7 Å². The Morgan fingerprint density at radius 1 is 0.902 bits per heavy atom. The van der Waals surface area contributed by atoms with Gasteiger partial charge in [-0.15, -0.1) is 0 Å². The summed E-state index contributed by atoms with van der Waals surface area (Å²) >= 11 is 5.98. The molecule has 41 heavy (non-hydrogen) atoms. The quantitative estimate of drug-likeness (QED) is 0.321. The summed E-state index contributed by atoms with van der Waals surface area (Å²) in [4.78, 5) is 38.5. The predicted molar refractivity (Wildman–Crippen MR) is 156 cm³/mol. The van der Waals surface area contributed by atoms with Gasteiger partial charge in [-0.25, -0.2) is 13.2 Å². The lowest BCUT2D eigenvalue weighted by Crippen LogP contribution is -2.39. The number of halogens is 1. The van der Waals surface area contributed by atoms with Crippen LogP contribution in [-0.2, 0) is 35.7 Å². The fourth-order valence-corrected chi connectivity index (χ4v) is 5.17. The van der Waals surface area contributed by atoms with E-state index in [1.165, 1.54) is 55.6 Å². The van der Waals surface area contributed by atoms with Gasteiger partial charge in [-0.05, 0) is 68.8 Å². The van der Waals surface area contributed by atoms with Gasteiger partial charge in [0.05, 0.1) is 10.6 Å². The van der Waals surface area contributed by atoms with Crippen molar-refractivity contribution in [1.82, 2.24) is 4.90 Å². The van der Waals surface area contributed by atoms with E-state index in [9.17, 15) is 22.8 Å². The standard InChI is InChI=1S/C29H32ClN3O7S/c1-29(2,3)40-27(35)19-33(24-15-13-22(30)14-16-24)41(37,38)25-12-8-11-23(17-25)31-26(34)18-32(4)28(36)39-20-21-9-6-5-7-10-21/h5-17H,18-20H2,1-4H3,(H,31,34). The van der Waals surface area contributed by atoms with Crippen LogP contribution in [0.2, 0.25) is 5.02 Å². The second kappa shape index (κ2) is 13.5. The fraction of sp³-hybridized carbons (Fsp3) is 0.276. The van der Waals surface area contributed by atoms with Crippen molar-refractivity contribution in [3.05, 3.63) is 89.4 Å². The van der Waals surface area contributed by atoms with Gasteiger partial charge in [0.15, 0.2) is 0 Å². The molecule has 3 rings (SSSR count). The van der Waals surface area contributed by atoms with Gasteiger partial charge in [-0.3, -0.25) is 13.9 Å². The summed E-state index contributed by atoms with van der Waals surface area (Å²) < 4.78 is 38.9. The summed E-state index contributed by atoms with van der Waals surface area (Å²) in [5, 5.41) is 2.98. The van der Waals surface area contributed by atoms with Crippen molar-refractivity contribution in [2.75, 3.05) is 29.8 Å². The lowest BCUT2D eigenvalue weighted by atomic mass is 10.2. The highest BCUT2D eigenvalue weighted by molar-refractivity contribution is 7.92. The van der Waals surface area contributed by atoms with Crippen molar-refractivity contribution in [2.45, 2.75) is 37.9 Å². The summed E-state index contributed by atoms with van der Waals surface area (Å²) in [7, 11) is -2.88. The van der Waals surface area contributed by atoms with Crippen LogP contribution in [0.5, 0.6) is 0 Å². The molecule has 0 aromatic heterocycles. The minimum Gasteiger partial charge on any atom is -0.459 e. The lowest BCUT2D eigenvalue weighted by molar-refractivity contribution is -0.152. The van der Waals surface area contributed by atoms with E-state index in [2.05, 4.69) is 5.32 Å². The second-order valence-electron chi connectivity index (χ2n) is 10.0. The zero-order chi connectivity index (χ0) is 30.2. The summed E-state index contributed by atoms with van der Waals surface area (Å²) in [5.41, 5.74) is 0.356. The average Bonchev–Trinajstić information content (AvgIpc) is 2.90. The molecule has 2 amide bonds. The molecular weight excluding hydrogens is 570 g/mol. The molecule has 1 N–H and O–H groups in total. The minimum atomic E-state index is -4.29. The number of rotatable bonds is 10. The molecule has 0 saturated carbocycles. The van der Waals surface area contributed by atoms with Gasteiger partial charge in [-0.1, -0.05) is 48.0 Å². The van der Waals surface area contributed by atoms with E-state index in [-0.39, 0.29) is 29.4 Å². The number of nitrogens with one attached hydrogen (secondary N) is 1. The number of anilines is 2. The van der Waals surface area contributed by atoms with Gasteiger partial charge in [0.25, 0.3) is 10.0 Å². The van der Waals surface area contributed by atoms with Crippen molar-refractivity contribution >= 4 is 51.0 Å². The molecule has 0 heterocycles. The first kappa shape index (κ1) is 31.4. The summed E-state index contributed by atoms with van der Waals surface area (Å²) in [6.45, 7) is 4.17. The first-order valence-corrected chi connectivity index (χ1v) is 14.4. The highest BCUT2D eigenvalue weighted by Gasteiger charge is 2.30. The molecule has 0 unspecified atom stereocenters. The number of esters is 1. The van der Waals surface area contributed by atoms with Gasteiger partial charge in [0.1, 0.15) is 25.3 Å². The molecule has 0 spiro atoms. The summed E-state index contributed by atoms with van der Waals surface area (Å²) in [5.74, 6) is -1.32. The van der Waals surface area contributed by atoms with Crippen LogP contribution in [-0.4, -0.2) is 57.0 Å². The van der Waals surface area contributed by atoms with Crippen molar-refractivity contribution in [3.8, 4) is 0 Å². The van der Waals surface area contributed by atoms with E-state index >= 15 is 0 Å². The number of nitrogens with zero attached hydrogens (tertiary/aromatic N) is 2. The van der Waals surface area contributed by atoms with E-state index in [0.717, 1.165) is 14.8 Å². The second-order valence-corrected chi connectivity index (χ2v) is 12.3. The number of likely N-dealkylation sites (N-methyl/N-ethyl adjacent to an activating group) is 1. The Kier molecular flexibility index (Phi) is 10.4. The largest absolute Gasteiger partial charge is 0.459 e. The molecule has 3 aromatic carbocycles. The molecule has 3 aromatic rings. The molecule has 0 aliphatic heterocycles. The molecule has 0 radical (unpaired) electrons. The first-order valence-electron chi connectivity index (χ1n) is 12.6. The summed E-state index contributed by atoms with van der Waals surface area (Å²) in [6.07, 6.45) is -0.693. The first-order chi connectivity index (χ1) is 19.2. The van der Waals surface area contributed by atoms with Crippen molar-refractivity contribution in [2.24, 2.45) is 0 Å². The number of sulfonamides is 1. The van der Waals surface area contributed by atoms with Gasteiger partial charge in [0, 0.05) is 17.8 Å². The minimum absolute atomic E-state index is 0.0545. The van der Waals surface area contributed by atoms with E-state index in [4.69, 9.17) is 21.1 Å². The van der Waals surface area contributed by atoms with Crippen molar-refractivity contribution in [1.29, 1.82) is 0 Å². The lowest BCUT2D eigenvalue weighted by Gasteiger charge is -2.26. The van der Waals surface area contributed by atoms with Crippen LogP contribution >= 0.6 is 11.6 Å². The van der Waals surface area contributed by atoms with E-state index in [1.807, 2.05) is 30.3 Å². The Morgan fingerprint density at radius 2 is 1.56 bits per heavy atom. The number of amides is 2. The van der Waals surface area contributed by atoms with Crippen LogP contribution < -0.4 is 9.62 Å². The molecule has 0 bridgehead atoms. The highest BCUT2D eigenvalue weighted by Crippen LogP contribution is 2.27. The average molecular weight is 602 g/mol. The molecule has 0 aliphatic rings. The van der Waals surface area contributed by atoms with E-state index in [0.29, 0.717) is 5.02 Å². The van der Waals surface area contributed by atoms with Gasteiger partial charge in [-0.2, -0.15) is 0 Å². The van der Waals surface area contributed by atoms with Crippen LogP contribution in [0.4, 0.5) is 16.2 Å². The van der Waals surface area contributed by atoms with Crippen LogP contribution in [0.25, 0.3) is 0 Å². The molecule has 12 heteroatoms. The fourth-order valence-electron chi connectivity index (χ4n) is 3.58. The molecule has 218 valence electrons. The van der Waals surface area contributed by atoms with Crippen LogP contribution in [0.15, 0.2) is 83.8 Å². The van der Waals surface area contributed by atoms with Crippen molar-refractivity contribution < 1.29 is 32.3 Å². The normalized spacial score (nSPS) is 11.3. The Bertz CT molecular complexity index is 1470. The molecule has 0 atom stereocenters. The van der Waals surface area contributed by atoms with Crippen LogP contribution in [0.3, 0.4) is 0 Å². The SMILES string of the molecule is CN(CC(=O)Nc1cccc(S(=O)(=O)N(CC(=O)OC(C)(C)C)c2ccc(Cl)cc2)c1)C(=O)OCc1ccccc1. The highest BCUT2D eigenvalue weighted by atomic mass is 35.5. The molecule has 0 saturated heterocycles. The maximum absolute atomic E-state index is 13.7. The Balaban J connectivity index is 1.73. The third-order valence-corrected chi connectivity index (χ3v) is 7.43. The van der Waals surface area contributed by atoms with Gasteiger partial charge >= 0.3 is 12.1 Å². The maximum Gasteiger partial charge on any atom is 0.410 e.